The predicted molar refractivity (Wildman–Crippen MR) is 206 cm³/mol. The first-order chi connectivity index (χ1) is 28.2. The maximum absolute atomic E-state index is 13.7. The third kappa shape index (κ3) is 7.79. The van der Waals surface area contributed by atoms with E-state index in [1.54, 1.807) is 107 Å². The van der Waals surface area contributed by atoms with Gasteiger partial charge in [-0.15, -0.1) is 20.4 Å². The van der Waals surface area contributed by atoms with Gasteiger partial charge in [0.05, 0.1) is 35.9 Å². The Balaban J connectivity index is 0.929. The highest BCUT2D eigenvalue weighted by Gasteiger charge is 2.38. The minimum atomic E-state index is -1.29. The summed E-state index contributed by atoms with van der Waals surface area (Å²) in [4.78, 5) is 69.6. The third-order valence-electron chi connectivity index (χ3n) is 10.3. The number of hydrogen-bond donors (Lipinski definition) is 6. The van der Waals surface area contributed by atoms with Crippen molar-refractivity contribution in [3.05, 3.63) is 120 Å². The molecule has 6 heterocycles. The van der Waals surface area contributed by atoms with E-state index in [2.05, 4.69) is 51.0 Å². The monoisotopic (exact) mass is 782 g/mol. The van der Waals surface area contributed by atoms with Crippen molar-refractivity contribution in [1.29, 1.82) is 0 Å². The van der Waals surface area contributed by atoms with Crippen molar-refractivity contribution in [3.8, 4) is 34.2 Å². The third-order valence-corrected chi connectivity index (χ3v) is 10.3. The van der Waals surface area contributed by atoms with Crippen molar-refractivity contribution < 1.29 is 29.4 Å². The SMILES string of the molecule is O=C(O)N[C@@H](C(=O)N1CCC[C@H]1c1ncc(-c2ccc(-c3ccc(-c4cnc([C@@H]5CCCN5C(=O)[C@H](NC(=O)O)c5ccccc5)[nH]4)nn3)nn2)[nH]1)c1ccccc1. The summed E-state index contributed by atoms with van der Waals surface area (Å²) in [5, 5.41) is 41.2. The van der Waals surface area contributed by atoms with Crippen LogP contribution >= 0.6 is 0 Å². The zero-order chi connectivity index (χ0) is 40.2. The molecule has 0 unspecified atom stereocenters. The minimum absolute atomic E-state index is 0.352. The molecule has 0 spiro atoms. The highest BCUT2D eigenvalue weighted by molar-refractivity contribution is 5.88. The number of hydrogen-bond acceptors (Lipinski definition) is 10. The number of imidazole rings is 2. The molecule has 2 aliphatic heterocycles. The molecule has 4 atom stereocenters. The summed E-state index contributed by atoms with van der Waals surface area (Å²) in [6.07, 6.45) is 3.48. The number of nitrogens with one attached hydrogen (secondary N) is 4. The summed E-state index contributed by atoms with van der Waals surface area (Å²) in [5.74, 6) is 0.428. The summed E-state index contributed by atoms with van der Waals surface area (Å²) in [6, 6.07) is 21.8. The number of nitrogens with zero attached hydrogens (tertiary/aromatic N) is 8. The maximum Gasteiger partial charge on any atom is 0.405 e. The molecule has 2 aliphatic rings. The smallest absolute Gasteiger partial charge is 0.405 e. The van der Waals surface area contributed by atoms with Crippen LogP contribution in [0.15, 0.2) is 97.3 Å². The summed E-state index contributed by atoms with van der Waals surface area (Å²) < 4.78 is 0. The van der Waals surface area contributed by atoms with Crippen molar-refractivity contribution in [3.63, 3.8) is 0 Å². The molecule has 18 heteroatoms. The normalized spacial score (nSPS) is 17.4. The maximum atomic E-state index is 13.7. The Morgan fingerprint density at radius 1 is 0.569 bits per heavy atom. The van der Waals surface area contributed by atoms with E-state index < -0.39 is 24.3 Å². The first-order valence-corrected chi connectivity index (χ1v) is 18.7. The second-order valence-corrected chi connectivity index (χ2v) is 13.9. The molecule has 0 radical (unpaired) electrons. The van der Waals surface area contributed by atoms with Gasteiger partial charge in [-0.1, -0.05) is 60.7 Å². The lowest BCUT2D eigenvalue weighted by Gasteiger charge is -2.28. The largest absolute Gasteiger partial charge is 0.465 e. The highest BCUT2D eigenvalue weighted by atomic mass is 16.4. The number of benzene rings is 2. The Bertz CT molecular complexity index is 2240. The van der Waals surface area contributed by atoms with Gasteiger partial charge in [0.2, 0.25) is 0 Å². The molecule has 4 aromatic heterocycles. The summed E-state index contributed by atoms with van der Waals surface area (Å²) in [7, 11) is 0. The highest BCUT2D eigenvalue weighted by Crippen LogP contribution is 2.35. The Morgan fingerprint density at radius 3 is 1.31 bits per heavy atom. The van der Waals surface area contributed by atoms with Crippen LogP contribution in [0, 0.1) is 0 Å². The predicted octanol–water partition coefficient (Wildman–Crippen LogP) is 5.06. The van der Waals surface area contributed by atoms with Crippen molar-refractivity contribution in [2.75, 3.05) is 13.1 Å². The molecular formula is C40H38N12O6. The van der Waals surface area contributed by atoms with Crippen molar-refractivity contribution in [2.45, 2.75) is 49.9 Å². The molecule has 2 fully saturated rings. The average molecular weight is 783 g/mol. The number of amides is 4. The molecule has 18 nitrogen and oxygen atoms in total. The van der Waals surface area contributed by atoms with Crippen LogP contribution in [0.2, 0.25) is 0 Å². The Morgan fingerprint density at radius 2 is 0.948 bits per heavy atom. The summed E-state index contributed by atoms with van der Waals surface area (Å²) >= 11 is 0. The lowest BCUT2D eigenvalue weighted by molar-refractivity contribution is -0.135. The van der Waals surface area contributed by atoms with E-state index in [4.69, 9.17) is 0 Å². The van der Waals surface area contributed by atoms with E-state index in [9.17, 15) is 29.4 Å². The number of aromatic amines is 2. The van der Waals surface area contributed by atoms with Gasteiger partial charge >= 0.3 is 12.2 Å². The fraction of sp³-hybridized carbons (Fsp3) is 0.250. The minimum Gasteiger partial charge on any atom is -0.465 e. The molecule has 294 valence electrons. The van der Waals surface area contributed by atoms with E-state index in [-0.39, 0.29) is 23.9 Å². The number of carbonyl (C=O) groups is 4. The molecule has 0 bridgehead atoms. The van der Waals surface area contributed by atoms with Crippen LogP contribution in [0.4, 0.5) is 9.59 Å². The summed E-state index contributed by atoms with van der Waals surface area (Å²) in [5.41, 5.74) is 4.33. The second-order valence-electron chi connectivity index (χ2n) is 13.9. The van der Waals surface area contributed by atoms with Gasteiger partial charge in [-0.25, -0.2) is 19.6 Å². The van der Waals surface area contributed by atoms with Gasteiger partial charge in [0.15, 0.2) is 0 Å². The molecule has 8 rings (SSSR count). The van der Waals surface area contributed by atoms with E-state index >= 15 is 0 Å². The van der Waals surface area contributed by atoms with Crippen LogP contribution in [0.25, 0.3) is 34.2 Å². The van der Waals surface area contributed by atoms with Gasteiger partial charge in [-0.05, 0) is 61.1 Å². The molecule has 58 heavy (non-hydrogen) atoms. The van der Waals surface area contributed by atoms with Gasteiger partial charge in [-0.2, -0.15) is 0 Å². The standard InChI is InChI=1S/C40H38N12O6/c53-37(33(45-39(55)56)23-9-3-1-4-10-23)51-19-7-13-31(51)35-41-21-29(43-35)27-17-15-25(47-49-27)26-16-18-28(50-48-26)30-22-42-36(44-30)32-14-8-20-52(32)38(54)34(46-40(57)58)24-11-5-2-6-12-24/h1-6,9-12,15-18,21-22,31-34,45-46H,7-8,13-14,19-20H2,(H,41,43)(H,42,44)(H,55,56)(H,57,58)/t31-,32-,33+,34+/m0/s1. The van der Waals surface area contributed by atoms with E-state index in [1.807, 2.05) is 0 Å². The fourth-order valence-electron chi connectivity index (χ4n) is 7.57. The number of rotatable bonds is 11. The van der Waals surface area contributed by atoms with Crippen LogP contribution in [-0.2, 0) is 9.59 Å². The zero-order valence-electron chi connectivity index (χ0n) is 30.9. The van der Waals surface area contributed by atoms with Gasteiger partial charge in [-0.3, -0.25) is 9.59 Å². The quantitative estimate of drug-likeness (QED) is 0.101. The second kappa shape index (κ2) is 16.3. The molecule has 4 amide bonds. The number of H-pyrrole nitrogens is 2. The van der Waals surface area contributed by atoms with Gasteiger partial charge in [0.1, 0.15) is 46.5 Å². The molecule has 6 N–H and O–H groups in total. The van der Waals surface area contributed by atoms with Crippen LogP contribution < -0.4 is 10.6 Å². The Hall–Kier alpha value is -7.50. The number of aromatic nitrogens is 8. The van der Waals surface area contributed by atoms with Crippen LogP contribution in [0.3, 0.4) is 0 Å². The number of likely N-dealkylation sites (tertiary alicyclic amines) is 2. The number of carboxylic acid groups (broad SMARTS) is 2. The van der Waals surface area contributed by atoms with E-state index in [1.165, 1.54) is 0 Å². The molecule has 6 aromatic rings. The number of carbonyl (C=O) groups excluding carboxylic acids is 2. The molecule has 0 aliphatic carbocycles. The lowest BCUT2D eigenvalue weighted by Crippen LogP contribution is -2.42. The average Bonchev–Trinajstić information content (AvgIpc) is 4.09. The molecular weight excluding hydrogens is 745 g/mol. The van der Waals surface area contributed by atoms with Crippen LogP contribution in [0.1, 0.15) is 72.6 Å². The van der Waals surface area contributed by atoms with Crippen LogP contribution in [-0.4, -0.2) is 97.4 Å². The Labute approximate surface area is 330 Å². The first-order valence-electron chi connectivity index (χ1n) is 18.7. The Kier molecular flexibility index (Phi) is 10.5. The first kappa shape index (κ1) is 37.4. The van der Waals surface area contributed by atoms with Gasteiger partial charge in [0.25, 0.3) is 11.8 Å². The van der Waals surface area contributed by atoms with Crippen molar-refractivity contribution >= 4 is 24.0 Å². The topological polar surface area (TPSA) is 248 Å². The van der Waals surface area contributed by atoms with Crippen LogP contribution in [0.5, 0.6) is 0 Å². The fourth-order valence-corrected chi connectivity index (χ4v) is 7.57. The zero-order valence-corrected chi connectivity index (χ0v) is 30.9. The van der Waals surface area contributed by atoms with E-state index in [0.717, 1.165) is 12.8 Å². The van der Waals surface area contributed by atoms with Gasteiger partial charge < -0.3 is 40.6 Å². The molecule has 0 saturated carbocycles. The van der Waals surface area contributed by atoms with Crippen molar-refractivity contribution in [1.82, 2.24) is 60.8 Å². The molecule has 2 saturated heterocycles. The lowest BCUT2D eigenvalue weighted by atomic mass is 10.1. The van der Waals surface area contributed by atoms with Crippen molar-refractivity contribution in [2.24, 2.45) is 0 Å². The molecule has 2 aromatic carbocycles. The van der Waals surface area contributed by atoms with Gasteiger partial charge in [0, 0.05) is 13.1 Å². The van der Waals surface area contributed by atoms with E-state index in [0.29, 0.717) is 82.9 Å². The summed E-state index contributed by atoms with van der Waals surface area (Å²) in [6.45, 7) is 0.924.